The third kappa shape index (κ3) is 6.12. The van der Waals surface area contributed by atoms with Gasteiger partial charge in [-0.25, -0.2) is 4.79 Å². The number of carbonyl (C=O) groups excluding carboxylic acids is 3. The molecule has 7 heteroatoms. The number of rotatable bonds is 5. The van der Waals surface area contributed by atoms with E-state index in [4.69, 9.17) is 9.47 Å². The van der Waals surface area contributed by atoms with E-state index in [9.17, 15) is 14.4 Å². The van der Waals surface area contributed by atoms with Gasteiger partial charge in [0.25, 0.3) is 0 Å². The Morgan fingerprint density at radius 3 is 2.42 bits per heavy atom. The molecule has 0 unspecified atom stereocenters. The molecule has 1 aromatic carbocycles. The molecule has 0 radical (unpaired) electrons. The van der Waals surface area contributed by atoms with Gasteiger partial charge in [0.2, 0.25) is 0 Å². The van der Waals surface area contributed by atoms with Crippen molar-refractivity contribution in [3.05, 3.63) is 34.3 Å². The minimum absolute atomic E-state index is 0.263. The molecule has 1 aliphatic rings. The van der Waals surface area contributed by atoms with E-state index in [1.54, 1.807) is 45.0 Å². The molecule has 0 aliphatic heterocycles. The predicted molar refractivity (Wildman–Crippen MR) is 99.9 cm³/mol. The summed E-state index contributed by atoms with van der Waals surface area (Å²) in [6.07, 6.45) is 1.56. The highest BCUT2D eigenvalue weighted by Gasteiger charge is 2.36. The number of ether oxygens (including phenoxy) is 2. The van der Waals surface area contributed by atoms with E-state index < -0.39 is 23.6 Å². The van der Waals surface area contributed by atoms with Crippen molar-refractivity contribution in [1.29, 1.82) is 0 Å². The molecule has 0 bridgehead atoms. The average molecular weight is 426 g/mol. The number of esters is 1. The van der Waals surface area contributed by atoms with Crippen LogP contribution in [0.1, 0.15) is 50.4 Å². The minimum atomic E-state index is -0.601. The molecule has 2 rings (SSSR count). The number of Topliss-reactive ketones (excluding diaryl/α,β-unsaturated/α-hetero) is 1. The quantitative estimate of drug-likeness (QED) is 0.571. The van der Waals surface area contributed by atoms with E-state index >= 15 is 0 Å². The van der Waals surface area contributed by atoms with Gasteiger partial charge in [0.1, 0.15) is 5.60 Å². The fraction of sp³-hybridized carbons (Fsp3) is 0.526. The molecule has 1 N–H and O–H groups in total. The monoisotopic (exact) mass is 425 g/mol. The molecule has 0 spiro atoms. The highest BCUT2D eigenvalue weighted by molar-refractivity contribution is 9.10. The van der Waals surface area contributed by atoms with Crippen molar-refractivity contribution < 1.29 is 23.9 Å². The molecule has 1 saturated carbocycles. The Kier molecular flexibility index (Phi) is 6.81. The van der Waals surface area contributed by atoms with E-state index in [1.165, 1.54) is 0 Å². The van der Waals surface area contributed by atoms with Crippen molar-refractivity contribution in [2.75, 3.05) is 6.61 Å². The van der Waals surface area contributed by atoms with Gasteiger partial charge in [0.05, 0.1) is 5.92 Å². The van der Waals surface area contributed by atoms with Crippen LogP contribution in [0.3, 0.4) is 0 Å². The normalized spacial score (nSPS) is 19.7. The lowest BCUT2D eigenvalue weighted by atomic mass is 10.0. The second-order valence-electron chi connectivity index (χ2n) is 7.33. The Hall–Kier alpha value is -1.89. The zero-order valence-corrected chi connectivity index (χ0v) is 16.8. The van der Waals surface area contributed by atoms with E-state index in [0.717, 1.165) is 10.9 Å². The summed E-state index contributed by atoms with van der Waals surface area (Å²) >= 11 is 3.30. The molecule has 0 saturated heterocycles. The number of halogens is 1. The first-order valence-corrected chi connectivity index (χ1v) is 9.40. The first-order valence-electron chi connectivity index (χ1n) is 8.60. The summed E-state index contributed by atoms with van der Waals surface area (Å²) in [5.74, 6) is -1.19. The Labute approximate surface area is 161 Å². The molecule has 0 heterocycles. The van der Waals surface area contributed by atoms with E-state index in [-0.39, 0.29) is 18.4 Å². The second kappa shape index (κ2) is 8.66. The van der Waals surface area contributed by atoms with Gasteiger partial charge in [-0.1, -0.05) is 34.5 Å². The van der Waals surface area contributed by atoms with Gasteiger partial charge in [-0.15, -0.1) is 0 Å². The van der Waals surface area contributed by atoms with Gasteiger partial charge in [-0.2, -0.15) is 0 Å². The third-order valence-corrected chi connectivity index (χ3v) is 4.56. The van der Waals surface area contributed by atoms with E-state index in [0.29, 0.717) is 18.4 Å². The molecule has 0 aromatic heterocycles. The Morgan fingerprint density at radius 2 is 1.81 bits per heavy atom. The molecule has 1 fully saturated rings. The fourth-order valence-corrected chi connectivity index (χ4v) is 3.10. The number of benzene rings is 1. The van der Waals surface area contributed by atoms with Crippen LogP contribution < -0.4 is 5.32 Å². The highest BCUT2D eigenvalue weighted by atomic mass is 79.9. The van der Waals surface area contributed by atoms with Crippen LogP contribution in [0.15, 0.2) is 28.7 Å². The lowest BCUT2D eigenvalue weighted by molar-refractivity contribution is -0.147. The molecule has 1 aliphatic carbocycles. The van der Waals surface area contributed by atoms with Crippen LogP contribution in [0, 0.1) is 5.92 Å². The van der Waals surface area contributed by atoms with Crippen molar-refractivity contribution in [1.82, 2.24) is 5.32 Å². The SMILES string of the molecule is CC(C)(C)OC(=O)N[C@H]1CCC[C@@H]1C(=O)OCC(=O)c1ccc(Br)cc1. The van der Waals surface area contributed by atoms with Crippen molar-refractivity contribution in [3.63, 3.8) is 0 Å². The van der Waals surface area contributed by atoms with Gasteiger partial charge in [-0.05, 0) is 45.7 Å². The molecule has 2 atom stereocenters. The summed E-state index contributed by atoms with van der Waals surface area (Å²) < 4.78 is 11.3. The van der Waals surface area contributed by atoms with Crippen LogP contribution in [0.25, 0.3) is 0 Å². The van der Waals surface area contributed by atoms with Gasteiger partial charge in [0.15, 0.2) is 12.4 Å². The van der Waals surface area contributed by atoms with Gasteiger partial charge in [-0.3, -0.25) is 9.59 Å². The molecule has 1 aromatic rings. The lowest BCUT2D eigenvalue weighted by Crippen LogP contribution is -2.43. The molecular weight excluding hydrogens is 402 g/mol. The van der Waals surface area contributed by atoms with Gasteiger partial charge >= 0.3 is 12.1 Å². The van der Waals surface area contributed by atoms with Crippen LogP contribution in [-0.2, 0) is 14.3 Å². The highest BCUT2D eigenvalue weighted by Crippen LogP contribution is 2.27. The topological polar surface area (TPSA) is 81.7 Å². The Morgan fingerprint density at radius 1 is 1.15 bits per heavy atom. The first kappa shape index (κ1) is 20.4. The Balaban J connectivity index is 1.86. The third-order valence-electron chi connectivity index (χ3n) is 4.03. The summed E-state index contributed by atoms with van der Waals surface area (Å²) in [5.41, 5.74) is -0.119. The van der Waals surface area contributed by atoms with Crippen molar-refractivity contribution in [2.45, 2.75) is 51.7 Å². The number of ketones is 1. The van der Waals surface area contributed by atoms with Crippen molar-refractivity contribution >= 4 is 33.8 Å². The van der Waals surface area contributed by atoms with Crippen LogP contribution in [0.4, 0.5) is 4.79 Å². The second-order valence-corrected chi connectivity index (χ2v) is 8.24. The molecular formula is C19H24BrNO5. The number of alkyl carbamates (subject to hydrolysis) is 1. The van der Waals surface area contributed by atoms with Crippen molar-refractivity contribution in [3.8, 4) is 0 Å². The fourth-order valence-electron chi connectivity index (χ4n) is 2.84. The largest absolute Gasteiger partial charge is 0.457 e. The summed E-state index contributed by atoms with van der Waals surface area (Å²) in [4.78, 5) is 36.4. The summed E-state index contributed by atoms with van der Waals surface area (Å²) in [5, 5.41) is 2.74. The maximum atomic E-state index is 12.3. The van der Waals surface area contributed by atoms with Crippen LogP contribution in [0.5, 0.6) is 0 Å². The predicted octanol–water partition coefficient (Wildman–Crippen LogP) is 3.87. The maximum Gasteiger partial charge on any atom is 0.407 e. The number of carbonyl (C=O) groups is 3. The smallest absolute Gasteiger partial charge is 0.407 e. The maximum absolute atomic E-state index is 12.3. The zero-order chi connectivity index (χ0) is 19.3. The van der Waals surface area contributed by atoms with E-state index in [1.807, 2.05) is 0 Å². The van der Waals surface area contributed by atoms with Gasteiger partial charge < -0.3 is 14.8 Å². The molecule has 1 amide bonds. The van der Waals surface area contributed by atoms with Crippen LogP contribution in [-0.4, -0.2) is 36.1 Å². The molecule has 26 heavy (non-hydrogen) atoms. The van der Waals surface area contributed by atoms with Crippen molar-refractivity contribution in [2.24, 2.45) is 5.92 Å². The Bertz CT molecular complexity index is 666. The summed E-state index contributed by atoms with van der Waals surface area (Å²) in [7, 11) is 0. The number of hydrogen-bond acceptors (Lipinski definition) is 5. The van der Waals surface area contributed by atoms with Crippen LogP contribution >= 0.6 is 15.9 Å². The van der Waals surface area contributed by atoms with E-state index in [2.05, 4.69) is 21.2 Å². The number of hydrogen-bond donors (Lipinski definition) is 1. The van der Waals surface area contributed by atoms with Gasteiger partial charge in [0, 0.05) is 16.1 Å². The number of amides is 1. The summed E-state index contributed by atoms with van der Waals surface area (Å²) in [6.45, 7) is 5.03. The lowest BCUT2D eigenvalue weighted by Gasteiger charge is -2.24. The zero-order valence-electron chi connectivity index (χ0n) is 15.2. The minimum Gasteiger partial charge on any atom is -0.457 e. The van der Waals surface area contributed by atoms with Crippen LogP contribution in [0.2, 0.25) is 0 Å². The first-order chi connectivity index (χ1) is 12.2. The molecule has 142 valence electrons. The molecule has 6 nitrogen and oxygen atoms in total. The summed E-state index contributed by atoms with van der Waals surface area (Å²) in [6, 6.07) is 6.52. The standard InChI is InChI=1S/C19H24BrNO5/c1-19(2,3)26-18(24)21-15-6-4-5-14(15)17(23)25-11-16(22)12-7-9-13(20)10-8-12/h7-10,14-15H,4-6,11H2,1-3H3,(H,21,24)/t14-,15-/m0/s1. The average Bonchev–Trinajstić information content (AvgIpc) is 2.99. The number of nitrogens with one attached hydrogen (secondary N) is 1.